The Morgan fingerprint density at radius 3 is 2.52 bits per heavy atom. The molecular formula is C21H37N5O3. The van der Waals surface area contributed by atoms with Crippen molar-refractivity contribution < 1.29 is 14.1 Å². The van der Waals surface area contributed by atoms with Gasteiger partial charge in [-0.2, -0.15) is 0 Å². The zero-order valence-corrected chi connectivity index (χ0v) is 18.8. The maximum atomic E-state index is 12.5. The first-order valence-electron chi connectivity index (χ1n) is 10.8. The number of nitrogens with one attached hydrogen (secondary N) is 2. The van der Waals surface area contributed by atoms with Crippen molar-refractivity contribution in [3.05, 3.63) is 17.0 Å². The first kappa shape index (κ1) is 23.0. The van der Waals surface area contributed by atoms with Crippen molar-refractivity contribution >= 4 is 12.1 Å². The highest BCUT2D eigenvalue weighted by Gasteiger charge is 2.34. The zero-order valence-electron chi connectivity index (χ0n) is 18.8. The number of guanidine groups is 1. The fourth-order valence-corrected chi connectivity index (χ4v) is 3.04. The molecule has 8 nitrogen and oxygen atoms in total. The van der Waals surface area contributed by atoms with Gasteiger partial charge in [-0.1, -0.05) is 19.0 Å². The maximum Gasteiger partial charge on any atom is 0.410 e. The second-order valence-corrected chi connectivity index (χ2v) is 8.26. The van der Waals surface area contributed by atoms with Crippen LogP contribution in [0.25, 0.3) is 0 Å². The van der Waals surface area contributed by atoms with Crippen molar-refractivity contribution in [2.24, 2.45) is 4.99 Å². The summed E-state index contributed by atoms with van der Waals surface area (Å²) in [6.07, 6.45) is 3.47. The minimum atomic E-state index is -0.485. The minimum Gasteiger partial charge on any atom is -0.444 e. The molecule has 1 heterocycles. The van der Waals surface area contributed by atoms with E-state index in [1.54, 1.807) is 0 Å². The third kappa shape index (κ3) is 7.25. The second-order valence-electron chi connectivity index (χ2n) is 8.26. The molecule has 1 fully saturated rings. The van der Waals surface area contributed by atoms with Crippen molar-refractivity contribution in [2.45, 2.75) is 85.4 Å². The monoisotopic (exact) mass is 407 g/mol. The Labute approximate surface area is 174 Å². The lowest BCUT2D eigenvalue weighted by Gasteiger charge is -2.27. The molecule has 29 heavy (non-hydrogen) atoms. The quantitative estimate of drug-likeness (QED) is 0.482. The highest BCUT2D eigenvalue weighted by Crippen LogP contribution is 2.28. The van der Waals surface area contributed by atoms with Crippen molar-refractivity contribution in [3.8, 4) is 0 Å². The molecular weight excluding hydrogens is 370 g/mol. The Morgan fingerprint density at radius 2 is 1.97 bits per heavy atom. The molecule has 1 aromatic heterocycles. The van der Waals surface area contributed by atoms with E-state index in [1.165, 1.54) is 0 Å². The van der Waals surface area contributed by atoms with Gasteiger partial charge >= 0.3 is 6.09 Å². The molecule has 1 aliphatic carbocycles. The van der Waals surface area contributed by atoms with Gasteiger partial charge in [0.05, 0.1) is 12.2 Å². The number of carbonyl (C=O) groups is 1. The number of aromatic nitrogens is 1. The van der Waals surface area contributed by atoms with E-state index in [0.717, 1.165) is 55.2 Å². The number of aliphatic imine (C=N–C) groups is 1. The first-order chi connectivity index (χ1) is 13.8. The largest absolute Gasteiger partial charge is 0.444 e. The normalized spacial score (nSPS) is 14.6. The zero-order chi connectivity index (χ0) is 21.4. The van der Waals surface area contributed by atoms with E-state index in [9.17, 15) is 4.79 Å². The Balaban J connectivity index is 1.95. The molecule has 0 spiro atoms. The predicted octanol–water partition coefficient (Wildman–Crippen LogP) is 3.25. The molecule has 1 amide bonds. The third-order valence-electron chi connectivity index (χ3n) is 4.61. The Kier molecular flexibility index (Phi) is 8.34. The number of amides is 1. The van der Waals surface area contributed by atoms with Crippen LogP contribution in [0.4, 0.5) is 4.79 Å². The molecule has 2 rings (SSSR count). The molecule has 2 N–H and O–H groups in total. The van der Waals surface area contributed by atoms with Crippen LogP contribution in [0.5, 0.6) is 0 Å². The molecule has 0 atom stereocenters. The highest BCUT2D eigenvalue weighted by molar-refractivity contribution is 5.79. The van der Waals surface area contributed by atoms with Crippen LogP contribution in [0.1, 0.15) is 71.4 Å². The van der Waals surface area contributed by atoms with Crippen LogP contribution in [0.3, 0.4) is 0 Å². The van der Waals surface area contributed by atoms with Gasteiger partial charge in [0.1, 0.15) is 11.4 Å². The molecule has 0 bridgehead atoms. The van der Waals surface area contributed by atoms with Crippen LogP contribution in [-0.4, -0.2) is 53.4 Å². The molecule has 0 aliphatic heterocycles. The summed E-state index contributed by atoms with van der Waals surface area (Å²) in [5.74, 6) is 1.61. The Bertz CT molecular complexity index is 667. The molecule has 8 heteroatoms. The summed E-state index contributed by atoms with van der Waals surface area (Å²) in [6.45, 7) is 14.3. The summed E-state index contributed by atoms with van der Waals surface area (Å²) in [4.78, 5) is 19.0. The summed E-state index contributed by atoms with van der Waals surface area (Å²) >= 11 is 0. The lowest BCUT2D eigenvalue weighted by Crippen LogP contribution is -2.45. The van der Waals surface area contributed by atoms with Gasteiger partial charge in [-0.15, -0.1) is 0 Å². The Hall–Kier alpha value is -2.25. The van der Waals surface area contributed by atoms with Crippen molar-refractivity contribution in [2.75, 3.05) is 19.6 Å². The smallest absolute Gasteiger partial charge is 0.410 e. The van der Waals surface area contributed by atoms with Crippen LogP contribution in [0, 0.1) is 0 Å². The van der Waals surface area contributed by atoms with Crippen LogP contribution >= 0.6 is 0 Å². The van der Waals surface area contributed by atoms with E-state index in [4.69, 9.17) is 14.3 Å². The maximum absolute atomic E-state index is 12.5. The molecule has 1 saturated carbocycles. The predicted molar refractivity (Wildman–Crippen MR) is 114 cm³/mol. The third-order valence-corrected chi connectivity index (χ3v) is 4.61. The number of carbonyl (C=O) groups excluding carboxylic acids is 1. The average Bonchev–Trinajstić information content (AvgIpc) is 3.40. The van der Waals surface area contributed by atoms with Gasteiger partial charge in [0.25, 0.3) is 0 Å². The van der Waals surface area contributed by atoms with Gasteiger partial charge in [0, 0.05) is 37.7 Å². The average molecular weight is 408 g/mol. The Morgan fingerprint density at radius 1 is 1.24 bits per heavy atom. The SMILES string of the molecule is CCNC(=NCc1c(CC)noc1CC)NCCN(C(=O)OC(C)(C)C)C1CC1. The molecule has 0 aromatic carbocycles. The fourth-order valence-electron chi connectivity index (χ4n) is 3.04. The van der Waals surface area contributed by atoms with Gasteiger partial charge < -0.3 is 24.8 Å². The number of ether oxygens (including phenoxy) is 1. The minimum absolute atomic E-state index is 0.242. The van der Waals surface area contributed by atoms with E-state index in [1.807, 2.05) is 32.6 Å². The lowest BCUT2D eigenvalue weighted by atomic mass is 10.1. The summed E-state index contributed by atoms with van der Waals surface area (Å²) in [6, 6.07) is 0.294. The fraction of sp³-hybridized carbons (Fsp3) is 0.762. The molecule has 0 unspecified atom stereocenters. The van der Waals surface area contributed by atoms with Gasteiger partial charge in [-0.25, -0.2) is 9.79 Å². The standard InChI is InChI=1S/C21H37N5O3/c1-7-17-16(18(8-2)29-25-17)14-24-19(22-9-3)23-12-13-26(15-10-11-15)20(27)28-21(4,5)6/h15H,7-14H2,1-6H3,(H2,22,23,24). The molecule has 1 aliphatic rings. The van der Waals surface area contributed by atoms with Crippen LogP contribution < -0.4 is 10.6 Å². The summed E-state index contributed by atoms with van der Waals surface area (Å²) in [5, 5.41) is 10.7. The number of hydrogen-bond acceptors (Lipinski definition) is 5. The number of aryl methyl sites for hydroxylation is 2. The number of rotatable bonds is 9. The topological polar surface area (TPSA) is 92.0 Å². The van der Waals surface area contributed by atoms with Gasteiger partial charge in [0.15, 0.2) is 5.96 Å². The van der Waals surface area contributed by atoms with Crippen LogP contribution in [0.15, 0.2) is 9.52 Å². The molecule has 1 aromatic rings. The summed E-state index contributed by atoms with van der Waals surface area (Å²) < 4.78 is 11.0. The molecule has 0 radical (unpaired) electrons. The molecule has 164 valence electrons. The van der Waals surface area contributed by atoms with Crippen LogP contribution in [0.2, 0.25) is 0 Å². The van der Waals surface area contributed by atoms with E-state index < -0.39 is 5.60 Å². The summed E-state index contributed by atoms with van der Waals surface area (Å²) in [7, 11) is 0. The first-order valence-corrected chi connectivity index (χ1v) is 10.8. The van der Waals surface area contributed by atoms with Gasteiger partial charge in [0.2, 0.25) is 0 Å². The number of hydrogen-bond donors (Lipinski definition) is 2. The van der Waals surface area contributed by atoms with E-state index in [0.29, 0.717) is 25.7 Å². The highest BCUT2D eigenvalue weighted by atomic mass is 16.6. The van der Waals surface area contributed by atoms with Gasteiger partial charge in [-0.05, 0) is 47.0 Å². The van der Waals surface area contributed by atoms with Gasteiger partial charge in [-0.3, -0.25) is 0 Å². The van der Waals surface area contributed by atoms with E-state index >= 15 is 0 Å². The molecule has 0 saturated heterocycles. The van der Waals surface area contributed by atoms with E-state index in [-0.39, 0.29) is 6.09 Å². The second kappa shape index (κ2) is 10.5. The van der Waals surface area contributed by atoms with Crippen molar-refractivity contribution in [3.63, 3.8) is 0 Å². The lowest BCUT2D eigenvalue weighted by molar-refractivity contribution is 0.0238. The summed E-state index contributed by atoms with van der Waals surface area (Å²) in [5.41, 5.74) is 1.55. The van der Waals surface area contributed by atoms with Crippen molar-refractivity contribution in [1.29, 1.82) is 0 Å². The van der Waals surface area contributed by atoms with E-state index in [2.05, 4.69) is 29.6 Å². The van der Waals surface area contributed by atoms with Crippen LogP contribution in [-0.2, 0) is 24.1 Å². The van der Waals surface area contributed by atoms with Crippen molar-refractivity contribution in [1.82, 2.24) is 20.7 Å². The number of nitrogens with zero attached hydrogens (tertiary/aromatic N) is 3.